The standard InChI is InChI=1S/C14H16F5NO3/c1-6-9(12(21)23-13(6,2)14(17,18)19)7-4-5-8(10(15)16)20-11(7)22-3/h4-6,9-10,12,21H,1-3H3/t6?,9?,12-,13?/m1/s1. The molecule has 0 amide bonds. The molecule has 4 atom stereocenters. The minimum atomic E-state index is -4.70. The molecule has 0 spiro atoms. The predicted molar refractivity (Wildman–Crippen MR) is 69.2 cm³/mol. The Hall–Kier alpha value is -1.48. The second kappa shape index (κ2) is 5.86. The Morgan fingerprint density at radius 1 is 1.35 bits per heavy atom. The molecule has 0 radical (unpaired) electrons. The van der Waals surface area contributed by atoms with Gasteiger partial charge in [-0.25, -0.2) is 13.8 Å². The van der Waals surface area contributed by atoms with Gasteiger partial charge in [0.05, 0.1) is 7.11 Å². The predicted octanol–water partition coefficient (Wildman–Crippen LogP) is 3.42. The van der Waals surface area contributed by atoms with Crippen molar-refractivity contribution >= 4 is 0 Å². The first-order chi connectivity index (χ1) is 10.5. The molecule has 130 valence electrons. The van der Waals surface area contributed by atoms with Gasteiger partial charge in [0.2, 0.25) is 5.88 Å². The van der Waals surface area contributed by atoms with Crippen LogP contribution in [0.4, 0.5) is 22.0 Å². The summed E-state index contributed by atoms with van der Waals surface area (Å²) in [7, 11) is 1.16. The Bertz CT molecular complexity index is 580. The summed E-state index contributed by atoms with van der Waals surface area (Å²) in [5.74, 6) is -2.55. The Morgan fingerprint density at radius 2 is 1.96 bits per heavy atom. The van der Waals surface area contributed by atoms with E-state index in [0.29, 0.717) is 0 Å². The lowest BCUT2D eigenvalue weighted by atomic mass is 9.79. The van der Waals surface area contributed by atoms with Crippen LogP contribution in [0.2, 0.25) is 0 Å². The molecule has 1 N–H and O–H groups in total. The number of halogens is 5. The number of pyridine rings is 1. The number of alkyl halides is 5. The quantitative estimate of drug-likeness (QED) is 0.856. The van der Waals surface area contributed by atoms with Gasteiger partial charge in [0.25, 0.3) is 6.43 Å². The molecule has 1 saturated heterocycles. The summed E-state index contributed by atoms with van der Waals surface area (Å²) in [6, 6.07) is 2.17. The lowest BCUT2D eigenvalue weighted by molar-refractivity contribution is -0.291. The second-order valence-electron chi connectivity index (χ2n) is 5.56. The molecule has 0 aliphatic carbocycles. The number of methoxy groups -OCH3 is 1. The summed E-state index contributed by atoms with van der Waals surface area (Å²) < 4.78 is 74.7. The number of aliphatic hydroxyl groups excluding tert-OH is 1. The van der Waals surface area contributed by atoms with E-state index in [9.17, 15) is 27.1 Å². The third-order valence-corrected chi connectivity index (χ3v) is 4.33. The number of nitrogens with zero attached hydrogens (tertiary/aromatic N) is 1. The molecule has 2 heterocycles. The number of hydrogen-bond donors (Lipinski definition) is 1. The van der Waals surface area contributed by atoms with E-state index in [1.54, 1.807) is 0 Å². The molecule has 2 rings (SSSR count). The molecule has 1 aromatic heterocycles. The second-order valence-corrected chi connectivity index (χ2v) is 5.56. The van der Waals surface area contributed by atoms with Gasteiger partial charge in [-0.1, -0.05) is 13.0 Å². The molecule has 1 aromatic rings. The van der Waals surface area contributed by atoms with Crippen LogP contribution in [0.25, 0.3) is 0 Å². The lowest BCUT2D eigenvalue weighted by Gasteiger charge is -2.31. The van der Waals surface area contributed by atoms with Crippen LogP contribution in [-0.4, -0.2) is 35.3 Å². The fraction of sp³-hybridized carbons (Fsp3) is 0.643. The van der Waals surface area contributed by atoms with Crippen LogP contribution in [-0.2, 0) is 4.74 Å². The van der Waals surface area contributed by atoms with E-state index in [4.69, 9.17) is 9.47 Å². The van der Waals surface area contributed by atoms with Gasteiger partial charge in [-0.15, -0.1) is 0 Å². The van der Waals surface area contributed by atoms with Crippen molar-refractivity contribution in [2.45, 2.75) is 44.3 Å². The fourth-order valence-corrected chi connectivity index (χ4v) is 2.77. The van der Waals surface area contributed by atoms with Crippen LogP contribution in [0.1, 0.15) is 37.4 Å². The van der Waals surface area contributed by atoms with E-state index >= 15 is 0 Å². The Balaban J connectivity index is 2.46. The number of aliphatic hydroxyl groups is 1. The molecule has 1 aliphatic heterocycles. The molecule has 0 aromatic carbocycles. The first kappa shape index (κ1) is 17.9. The van der Waals surface area contributed by atoms with Crippen molar-refractivity contribution in [2.75, 3.05) is 7.11 Å². The molecule has 4 nitrogen and oxygen atoms in total. The fourth-order valence-electron chi connectivity index (χ4n) is 2.77. The van der Waals surface area contributed by atoms with Gasteiger partial charge < -0.3 is 14.6 Å². The Morgan fingerprint density at radius 3 is 2.39 bits per heavy atom. The van der Waals surface area contributed by atoms with Crippen molar-refractivity contribution in [1.29, 1.82) is 0 Å². The van der Waals surface area contributed by atoms with Crippen molar-refractivity contribution in [3.63, 3.8) is 0 Å². The van der Waals surface area contributed by atoms with E-state index in [-0.39, 0.29) is 11.4 Å². The van der Waals surface area contributed by atoms with E-state index in [2.05, 4.69) is 4.98 Å². The van der Waals surface area contributed by atoms with Crippen LogP contribution < -0.4 is 4.74 Å². The molecular formula is C14H16F5NO3. The molecule has 1 aliphatic rings. The van der Waals surface area contributed by atoms with Gasteiger partial charge in [0.1, 0.15) is 5.69 Å². The first-order valence-corrected chi connectivity index (χ1v) is 6.78. The number of rotatable bonds is 3. The van der Waals surface area contributed by atoms with Crippen LogP contribution >= 0.6 is 0 Å². The molecule has 9 heteroatoms. The monoisotopic (exact) mass is 341 g/mol. The Labute approximate surface area is 129 Å². The zero-order valence-electron chi connectivity index (χ0n) is 12.6. The van der Waals surface area contributed by atoms with Gasteiger partial charge in [-0.05, 0) is 13.0 Å². The van der Waals surface area contributed by atoms with Gasteiger partial charge in [0.15, 0.2) is 11.9 Å². The largest absolute Gasteiger partial charge is 0.481 e. The van der Waals surface area contributed by atoms with E-state index in [1.807, 2.05) is 0 Å². The summed E-state index contributed by atoms with van der Waals surface area (Å²) in [6.07, 6.45) is -9.31. The molecular weight excluding hydrogens is 325 g/mol. The van der Waals surface area contributed by atoms with E-state index in [0.717, 1.165) is 20.1 Å². The third-order valence-electron chi connectivity index (χ3n) is 4.33. The summed E-state index contributed by atoms with van der Waals surface area (Å²) in [4.78, 5) is 3.59. The molecule has 0 saturated carbocycles. The SMILES string of the molecule is COc1nc(C(F)F)ccc1C1C(C)C(C)(C(F)(F)F)O[C@H]1O. The van der Waals surface area contributed by atoms with Crippen molar-refractivity contribution in [2.24, 2.45) is 5.92 Å². The minimum absolute atomic E-state index is 0.0878. The zero-order chi connectivity index (χ0) is 17.6. The lowest BCUT2D eigenvalue weighted by Crippen LogP contribution is -2.46. The Kier molecular flexibility index (Phi) is 4.55. The van der Waals surface area contributed by atoms with Gasteiger partial charge in [0, 0.05) is 17.4 Å². The molecule has 0 bridgehead atoms. The average Bonchev–Trinajstić information content (AvgIpc) is 2.68. The highest BCUT2D eigenvalue weighted by Crippen LogP contribution is 2.53. The maximum atomic E-state index is 13.2. The summed E-state index contributed by atoms with van der Waals surface area (Å²) in [5, 5.41) is 9.96. The third kappa shape index (κ3) is 2.87. The maximum Gasteiger partial charge on any atom is 0.417 e. The summed E-state index contributed by atoms with van der Waals surface area (Å²) in [6.45, 7) is 2.11. The van der Waals surface area contributed by atoms with Crippen molar-refractivity contribution in [3.05, 3.63) is 23.4 Å². The molecule has 23 heavy (non-hydrogen) atoms. The zero-order valence-corrected chi connectivity index (χ0v) is 12.6. The highest BCUT2D eigenvalue weighted by atomic mass is 19.4. The molecule has 3 unspecified atom stereocenters. The van der Waals surface area contributed by atoms with Gasteiger partial charge >= 0.3 is 6.18 Å². The number of ether oxygens (including phenoxy) is 2. The van der Waals surface area contributed by atoms with Crippen molar-refractivity contribution in [3.8, 4) is 5.88 Å². The minimum Gasteiger partial charge on any atom is -0.481 e. The van der Waals surface area contributed by atoms with E-state index in [1.165, 1.54) is 13.0 Å². The summed E-state index contributed by atoms with van der Waals surface area (Å²) in [5.41, 5.74) is -3.04. The van der Waals surface area contributed by atoms with Crippen LogP contribution in [0.5, 0.6) is 5.88 Å². The number of aromatic nitrogens is 1. The van der Waals surface area contributed by atoms with Crippen LogP contribution in [0.15, 0.2) is 12.1 Å². The first-order valence-electron chi connectivity index (χ1n) is 6.78. The summed E-state index contributed by atoms with van der Waals surface area (Å²) >= 11 is 0. The van der Waals surface area contributed by atoms with E-state index < -0.39 is 42.0 Å². The topological polar surface area (TPSA) is 51.6 Å². The van der Waals surface area contributed by atoms with Crippen molar-refractivity contribution < 1.29 is 36.5 Å². The maximum absolute atomic E-state index is 13.2. The van der Waals surface area contributed by atoms with Crippen LogP contribution in [0, 0.1) is 5.92 Å². The van der Waals surface area contributed by atoms with Gasteiger partial charge in [-0.2, -0.15) is 13.2 Å². The highest BCUT2D eigenvalue weighted by Gasteiger charge is 2.64. The average molecular weight is 341 g/mol. The van der Waals surface area contributed by atoms with Gasteiger partial charge in [-0.3, -0.25) is 0 Å². The molecule has 1 fully saturated rings. The van der Waals surface area contributed by atoms with Crippen LogP contribution in [0.3, 0.4) is 0 Å². The normalized spacial score (nSPS) is 31.7. The number of hydrogen-bond acceptors (Lipinski definition) is 4. The highest BCUT2D eigenvalue weighted by molar-refractivity contribution is 5.35. The smallest absolute Gasteiger partial charge is 0.417 e. The van der Waals surface area contributed by atoms with Crippen molar-refractivity contribution in [1.82, 2.24) is 4.98 Å².